The monoisotopic (exact) mass is 217 g/mol. The van der Waals surface area contributed by atoms with Gasteiger partial charge in [0.2, 0.25) is 0 Å². The third-order valence-electron chi connectivity index (χ3n) is 2.66. The van der Waals surface area contributed by atoms with Crippen molar-refractivity contribution in [3.05, 3.63) is 30.1 Å². The summed E-state index contributed by atoms with van der Waals surface area (Å²) in [5, 5.41) is 0. The zero-order valence-electron chi connectivity index (χ0n) is 9.31. The van der Waals surface area contributed by atoms with Gasteiger partial charge in [-0.2, -0.15) is 0 Å². The summed E-state index contributed by atoms with van der Waals surface area (Å²) in [7, 11) is 0. The summed E-state index contributed by atoms with van der Waals surface area (Å²) in [5.41, 5.74) is 7.99. The van der Waals surface area contributed by atoms with Crippen molar-refractivity contribution < 1.29 is 4.79 Å². The second-order valence-corrected chi connectivity index (χ2v) is 3.70. The van der Waals surface area contributed by atoms with Crippen LogP contribution in [0.3, 0.4) is 0 Å². The predicted molar refractivity (Wildman–Crippen MR) is 63.4 cm³/mol. The molecule has 0 spiro atoms. The first-order valence-corrected chi connectivity index (χ1v) is 5.44. The Morgan fingerprint density at radius 3 is 3.00 bits per heavy atom. The van der Waals surface area contributed by atoms with Gasteiger partial charge in [0.05, 0.1) is 17.4 Å². The molecule has 1 heterocycles. The van der Waals surface area contributed by atoms with Crippen LogP contribution >= 0.6 is 0 Å². The first kappa shape index (κ1) is 10.8. The van der Waals surface area contributed by atoms with E-state index in [0.717, 1.165) is 17.6 Å². The first-order valence-electron chi connectivity index (χ1n) is 5.44. The van der Waals surface area contributed by atoms with Gasteiger partial charge in [-0.15, -0.1) is 0 Å². The van der Waals surface area contributed by atoms with E-state index in [-0.39, 0.29) is 5.78 Å². The van der Waals surface area contributed by atoms with Gasteiger partial charge in [0.25, 0.3) is 0 Å². The lowest BCUT2D eigenvalue weighted by Crippen LogP contribution is -2.07. The Bertz CT molecular complexity index is 516. The number of Topliss-reactive ketones (excluding diaryl/α,β-unsaturated/α-hetero) is 1. The number of nitrogens with two attached hydrogens (primary N) is 1. The normalized spacial score (nSPS) is 10.9. The first-order chi connectivity index (χ1) is 7.76. The van der Waals surface area contributed by atoms with Crippen molar-refractivity contribution in [2.45, 2.75) is 19.9 Å². The molecule has 0 atom stereocenters. The molecule has 0 aliphatic carbocycles. The quantitative estimate of drug-likeness (QED) is 0.791. The molecular weight excluding hydrogens is 202 g/mol. The van der Waals surface area contributed by atoms with Crippen LogP contribution in [0.25, 0.3) is 11.0 Å². The van der Waals surface area contributed by atoms with Crippen molar-refractivity contribution in [3.8, 4) is 0 Å². The molecule has 0 aliphatic heterocycles. The fourth-order valence-electron chi connectivity index (χ4n) is 1.76. The molecule has 2 aromatic rings. The molecule has 1 aromatic carbocycles. The van der Waals surface area contributed by atoms with Gasteiger partial charge in [0.1, 0.15) is 0 Å². The smallest absolute Gasteiger partial charge is 0.164 e. The summed E-state index contributed by atoms with van der Waals surface area (Å²) in [5.74, 6) is 0.0791. The maximum Gasteiger partial charge on any atom is 0.164 e. The third kappa shape index (κ3) is 1.84. The number of carbonyl (C=O) groups excluding carboxylic acids is 1. The molecule has 0 fully saturated rings. The van der Waals surface area contributed by atoms with E-state index < -0.39 is 0 Å². The van der Waals surface area contributed by atoms with Crippen LogP contribution in [-0.2, 0) is 6.54 Å². The number of hydrogen-bond donors (Lipinski definition) is 1. The van der Waals surface area contributed by atoms with Gasteiger partial charge in [-0.3, -0.25) is 4.79 Å². The molecule has 0 bridgehead atoms. The van der Waals surface area contributed by atoms with Gasteiger partial charge in [0.15, 0.2) is 5.78 Å². The highest BCUT2D eigenvalue weighted by atomic mass is 16.1. The lowest BCUT2D eigenvalue weighted by molar-refractivity contribution is 0.0985. The SMILES string of the molecule is CCn1cnc2cc(C(=O)CCN)ccc21. The summed E-state index contributed by atoms with van der Waals surface area (Å²) in [6, 6.07) is 5.61. The van der Waals surface area contributed by atoms with E-state index in [9.17, 15) is 4.79 Å². The molecule has 0 radical (unpaired) electrons. The number of fused-ring (bicyclic) bond motifs is 1. The van der Waals surface area contributed by atoms with Crippen molar-refractivity contribution in [2.75, 3.05) is 6.54 Å². The Balaban J connectivity index is 2.41. The van der Waals surface area contributed by atoms with E-state index in [0.29, 0.717) is 18.5 Å². The minimum absolute atomic E-state index is 0.0791. The molecular formula is C12H15N3O. The molecule has 0 saturated carbocycles. The van der Waals surface area contributed by atoms with Crippen LogP contribution in [0.2, 0.25) is 0 Å². The lowest BCUT2D eigenvalue weighted by Gasteiger charge is -2.01. The summed E-state index contributed by atoms with van der Waals surface area (Å²) in [6.07, 6.45) is 2.18. The van der Waals surface area contributed by atoms with Gasteiger partial charge in [-0.25, -0.2) is 4.98 Å². The lowest BCUT2D eigenvalue weighted by atomic mass is 10.1. The van der Waals surface area contributed by atoms with Crippen molar-refractivity contribution in [3.63, 3.8) is 0 Å². The molecule has 4 heteroatoms. The third-order valence-corrected chi connectivity index (χ3v) is 2.66. The zero-order chi connectivity index (χ0) is 11.5. The minimum atomic E-state index is 0.0791. The van der Waals surface area contributed by atoms with Gasteiger partial charge in [0, 0.05) is 18.5 Å². The Morgan fingerprint density at radius 2 is 2.31 bits per heavy atom. The van der Waals surface area contributed by atoms with Crippen LogP contribution in [0.15, 0.2) is 24.5 Å². The molecule has 0 aliphatic rings. The summed E-state index contributed by atoms with van der Waals surface area (Å²) < 4.78 is 2.05. The van der Waals surface area contributed by atoms with E-state index in [2.05, 4.69) is 11.9 Å². The van der Waals surface area contributed by atoms with Crippen LogP contribution in [0, 0.1) is 0 Å². The second-order valence-electron chi connectivity index (χ2n) is 3.70. The summed E-state index contributed by atoms with van der Waals surface area (Å²) in [6.45, 7) is 3.33. The molecule has 84 valence electrons. The van der Waals surface area contributed by atoms with Gasteiger partial charge >= 0.3 is 0 Å². The molecule has 2 rings (SSSR count). The fraction of sp³-hybridized carbons (Fsp3) is 0.333. The average Bonchev–Trinajstić information content (AvgIpc) is 2.71. The largest absolute Gasteiger partial charge is 0.331 e. The predicted octanol–water partition coefficient (Wildman–Crippen LogP) is 1.59. The topological polar surface area (TPSA) is 60.9 Å². The molecule has 0 amide bonds. The van der Waals surface area contributed by atoms with Crippen LogP contribution in [0.1, 0.15) is 23.7 Å². The number of aryl methyl sites for hydroxylation is 1. The minimum Gasteiger partial charge on any atom is -0.331 e. The number of benzene rings is 1. The number of aromatic nitrogens is 2. The van der Waals surface area contributed by atoms with E-state index in [4.69, 9.17) is 5.73 Å². The number of carbonyl (C=O) groups is 1. The average molecular weight is 217 g/mol. The van der Waals surface area contributed by atoms with E-state index in [1.807, 2.05) is 22.8 Å². The number of imidazole rings is 1. The Kier molecular flexibility index (Phi) is 3.01. The van der Waals surface area contributed by atoms with Crippen LogP contribution in [0.5, 0.6) is 0 Å². The number of nitrogens with zero attached hydrogens (tertiary/aromatic N) is 2. The highest BCUT2D eigenvalue weighted by Crippen LogP contribution is 2.15. The van der Waals surface area contributed by atoms with Gasteiger partial charge in [-0.1, -0.05) is 0 Å². The summed E-state index contributed by atoms with van der Waals surface area (Å²) >= 11 is 0. The molecule has 4 nitrogen and oxygen atoms in total. The highest BCUT2D eigenvalue weighted by Gasteiger charge is 2.07. The van der Waals surface area contributed by atoms with Crippen LogP contribution in [0.4, 0.5) is 0 Å². The maximum atomic E-state index is 11.7. The molecule has 16 heavy (non-hydrogen) atoms. The molecule has 1 aromatic heterocycles. The Labute approximate surface area is 94.1 Å². The Morgan fingerprint density at radius 1 is 1.50 bits per heavy atom. The van der Waals surface area contributed by atoms with Crippen LogP contribution < -0.4 is 5.73 Å². The van der Waals surface area contributed by atoms with Gasteiger partial charge < -0.3 is 10.3 Å². The number of ketones is 1. The molecule has 2 N–H and O–H groups in total. The fourth-order valence-corrected chi connectivity index (χ4v) is 1.76. The highest BCUT2D eigenvalue weighted by molar-refractivity contribution is 5.98. The molecule has 0 unspecified atom stereocenters. The van der Waals surface area contributed by atoms with E-state index in [1.54, 1.807) is 6.33 Å². The standard InChI is InChI=1S/C12H15N3O/c1-2-15-8-14-10-7-9(3-4-11(10)15)12(16)5-6-13/h3-4,7-8H,2,5-6,13H2,1H3. The van der Waals surface area contributed by atoms with Gasteiger partial charge in [-0.05, 0) is 31.7 Å². The van der Waals surface area contributed by atoms with Crippen LogP contribution in [-0.4, -0.2) is 21.9 Å². The number of rotatable bonds is 4. The second kappa shape index (κ2) is 4.45. The number of hydrogen-bond acceptors (Lipinski definition) is 3. The van der Waals surface area contributed by atoms with Crippen molar-refractivity contribution in [1.29, 1.82) is 0 Å². The van der Waals surface area contributed by atoms with Crippen molar-refractivity contribution in [2.24, 2.45) is 5.73 Å². The van der Waals surface area contributed by atoms with Crippen molar-refractivity contribution >= 4 is 16.8 Å². The van der Waals surface area contributed by atoms with Crippen molar-refractivity contribution in [1.82, 2.24) is 9.55 Å². The maximum absolute atomic E-state index is 11.7. The Hall–Kier alpha value is -1.68. The van der Waals surface area contributed by atoms with E-state index in [1.165, 1.54) is 0 Å². The van der Waals surface area contributed by atoms with E-state index >= 15 is 0 Å². The molecule has 0 saturated heterocycles. The summed E-state index contributed by atoms with van der Waals surface area (Å²) in [4.78, 5) is 15.9. The zero-order valence-corrected chi connectivity index (χ0v) is 9.31.